The second kappa shape index (κ2) is 7.72. The van der Waals surface area contributed by atoms with E-state index in [9.17, 15) is 14.7 Å². The van der Waals surface area contributed by atoms with Crippen LogP contribution in [0.1, 0.15) is 28.5 Å². The molecule has 0 aliphatic heterocycles. The van der Waals surface area contributed by atoms with Crippen molar-refractivity contribution in [3.05, 3.63) is 64.8 Å². The van der Waals surface area contributed by atoms with Crippen molar-refractivity contribution in [3.8, 4) is 5.75 Å². The maximum atomic E-state index is 12.8. The van der Waals surface area contributed by atoms with E-state index in [1.54, 1.807) is 49.1 Å². The lowest BCUT2D eigenvalue weighted by molar-refractivity contribution is -0.137. The Hall–Kier alpha value is -2.99. The van der Waals surface area contributed by atoms with Gasteiger partial charge >= 0.3 is 5.97 Å². The Morgan fingerprint density at radius 1 is 1.19 bits per heavy atom. The van der Waals surface area contributed by atoms with E-state index in [0.29, 0.717) is 22.0 Å². The third-order valence-corrected chi connectivity index (χ3v) is 4.69. The number of nitrogens with one attached hydrogen (secondary N) is 1. The Kier molecular flexibility index (Phi) is 5.37. The number of carbonyl (C=O) groups is 2. The zero-order chi connectivity index (χ0) is 19.6. The van der Waals surface area contributed by atoms with Crippen LogP contribution in [-0.2, 0) is 11.8 Å². The Morgan fingerprint density at radius 3 is 2.52 bits per heavy atom. The van der Waals surface area contributed by atoms with Crippen LogP contribution in [0.4, 0.5) is 0 Å². The van der Waals surface area contributed by atoms with Crippen LogP contribution in [-0.4, -0.2) is 28.7 Å². The fraction of sp³-hybridized carbons (Fsp3) is 0.200. The number of aromatic nitrogens is 1. The highest BCUT2D eigenvalue weighted by Gasteiger charge is 2.21. The van der Waals surface area contributed by atoms with Crippen molar-refractivity contribution in [1.82, 2.24) is 9.88 Å². The van der Waals surface area contributed by atoms with E-state index in [-0.39, 0.29) is 12.3 Å². The molecule has 0 aliphatic rings. The zero-order valence-corrected chi connectivity index (χ0v) is 15.7. The smallest absolute Gasteiger partial charge is 0.305 e. The average molecular weight is 387 g/mol. The third kappa shape index (κ3) is 4.06. The molecule has 0 fully saturated rings. The number of carboxylic acid groups (broad SMARTS) is 1. The Morgan fingerprint density at radius 2 is 1.89 bits per heavy atom. The number of ether oxygens (including phenoxy) is 1. The average Bonchev–Trinajstić information content (AvgIpc) is 2.97. The number of halogens is 1. The van der Waals surface area contributed by atoms with Gasteiger partial charge in [0.15, 0.2) is 0 Å². The molecule has 6 nitrogen and oxygen atoms in total. The number of aliphatic carboxylic acids is 1. The SMILES string of the molecule is COc1ccc2cc(C(=O)NC(CC(=O)O)c3ccc(Cl)cc3)n(C)c2c1. The van der Waals surface area contributed by atoms with Crippen LogP contribution in [0.5, 0.6) is 5.75 Å². The number of methoxy groups -OCH3 is 1. The van der Waals surface area contributed by atoms with Crippen LogP contribution in [0.3, 0.4) is 0 Å². The van der Waals surface area contributed by atoms with Gasteiger partial charge in [-0.2, -0.15) is 0 Å². The molecule has 0 radical (unpaired) electrons. The molecule has 1 heterocycles. The first-order chi connectivity index (χ1) is 12.9. The molecule has 1 amide bonds. The Balaban J connectivity index is 1.91. The van der Waals surface area contributed by atoms with E-state index in [0.717, 1.165) is 10.9 Å². The normalized spacial score (nSPS) is 12.0. The number of benzene rings is 2. The van der Waals surface area contributed by atoms with Crippen LogP contribution in [0.15, 0.2) is 48.5 Å². The molecule has 7 heteroatoms. The minimum absolute atomic E-state index is 0.231. The van der Waals surface area contributed by atoms with Crippen molar-refractivity contribution >= 4 is 34.4 Å². The van der Waals surface area contributed by atoms with Gasteiger partial charge in [0.25, 0.3) is 5.91 Å². The van der Waals surface area contributed by atoms with E-state index >= 15 is 0 Å². The summed E-state index contributed by atoms with van der Waals surface area (Å²) in [5, 5.41) is 13.5. The summed E-state index contributed by atoms with van der Waals surface area (Å²) in [5.41, 5.74) is 1.96. The highest BCUT2D eigenvalue weighted by atomic mass is 35.5. The van der Waals surface area contributed by atoms with E-state index in [4.69, 9.17) is 16.3 Å². The highest BCUT2D eigenvalue weighted by Crippen LogP contribution is 2.25. The molecule has 2 N–H and O–H groups in total. The van der Waals surface area contributed by atoms with Crippen molar-refractivity contribution in [3.63, 3.8) is 0 Å². The molecule has 0 saturated carbocycles. The first-order valence-corrected chi connectivity index (χ1v) is 8.68. The molecular weight excluding hydrogens is 368 g/mol. The molecule has 1 atom stereocenters. The quantitative estimate of drug-likeness (QED) is 0.675. The lowest BCUT2D eigenvalue weighted by atomic mass is 10.0. The largest absolute Gasteiger partial charge is 0.497 e. The number of nitrogens with zero attached hydrogens (tertiary/aromatic N) is 1. The topological polar surface area (TPSA) is 80.6 Å². The number of hydrogen-bond acceptors (Lipinski definition) is 3. The van der Waals surface area contributed by atoms with Gasteiger partial charge in [-0.05, 0) is 35.9 Å². The molecule has 140 valence electrons. The monoisotopic (exact) mass is 386 g/mol. The summed E-state index contributed by atoms with van der Waals surface area (Å²) in [7, 11) is 3.37. The first kappa shape index (κ1) is 18.8. The number of hydrogen-bond donors (Lipinski definition) is 2. The predicted molar refractivity (Wildman–Crippen MR) is 103 cm³/mol. The summed E-state index contributed by atoms with van der Waals surface area (Å²) in [5.74, 6) is -0.661. The summed E-state index contributed by atoms with van der Waals surface area (Å²) in [6, 6.07) is 13.4. The van der Waals surface area contributed by atoms with Gasteiger partial charge in [0.2, 0.25) is 0 Å². The van der Waals surface area contributed by atoms with Crippen LogP contribution in [0.2, 0.25) is 5.02 Å². The Labute approximate surface area is 161 Å². The van der Waals surface area contributed by atoms with Crippen molar-refractivity contribution in [2.24, 2.45) is 7.05 Å². The van der Waals surface area contributed by atoms with Gasteiger partial charge in [0.1, 0.15) is 11.4 Å². The molecule has 27 heavy (non-hydrogen) atoms. The number of carboxylic acids is 1. The lowest BCUT2D eigenvalue weighted by Crippen LogP contribution is -2.31. The Bertz CT molecular complexity index is 995. The summed E-state index contributed by atoms with van der Waals surface area (Å²) < 4.78 is 6.99. The van der Waals surface area contributed by atoms with E-state index in [1.165, 1.54) is 0 Å². The first-order valence-electron chi connectivity index (χ1n) is 8.30. The highest BCUT2D eigenvalue weighted by molar-refractivity contribution is 6.30. The summed E-state index contributed by atoms with van der Waals surface area (Å²) in [6.45, 7) is 0. The lowest BCUT2D eigenvalue weighted by Gasteiger charge is -2.18. The molecule has 1 unspecified atom stereocenters. The minimum atomic E-state index is -1.00. The number of carbonyl (C=O) groups excluding carboxylic acids is 1. The van der Waals surface area contributed by atoms with Gasteiger partial charge in [-0.1, -0.05) is 23.7 Å². The van der Waals surface area contributed by atoms with Gasteiger partial charge < -0.3 is 19.7 Å². The van der Waals surface area contributed by atoms with Gasteiger partial charge in [-0.25, -0.2) is 0 Å². The maximum Gasteiger partial charge on any atom is 0.305 e. The number of amides is 1. The van der Waals surface area contributed by atoms with Gasteiger partial charge in [-0.3, -0.25) is 9.59 Å². The summed E-state index contributed by atoms with van der Waals surface area (Å²) >= 11 is 5.90. The number of fused-ring (bicyclic) bond motifs is 1. The van der Waals surface area contributed by atoms with Gasteiger partial charge in [0.05, 0.1) is 25.1 Å². The summed E-state index contributed by atoms with van der Waals surface area (Å²) in [4.78, 5) is 24.1. The van der Waals surface area contributed by atoms with E-state index in [2.05, 4.69) is 5.32 Å². The van der Waals surface area contributed by atoms with Gasteiger partial charge in [-0.15, -0.1) is 0 Å². The van der Waals surface area contributed by atoms with Crippen molar-refractivity contribution in [1.29, 1.82) is 0 Å². The number of rotatable bonds is 6. The van der Waals surface area contributed by atoms with Gasteiger partial charge in [0, 0.05) is 23.5 Å². The molecule has 1 aromatic heterocycles. The van der Waals surface area contributed by atoms with E-state index in [1.807, 2.05) is 18.2 Å². The third-order valence-electron chi connectivity index (χ3n) is 4.44. The maximum absolute atomic E-state index is 12.8. The van der Waals surface area contributed by atoms with Crippen LogP contribution in [0, 0.1) is 0 Å². The molecule has 3 rings (SSSR count). The second-order valence-corrected chi connectivity index (χ2v) is 6.63. The molecule has 0 saturated heterocycles. The van der Waals surface area contributed by atoms with E-state index < -0.39 is 12.0 Å². The minimum Gasteiger partial charge on any atom is -0.497 e. The standard InChI is InChI=1S/C20H19ClN2O4/c1-23-17-10-15(27-2)8-5-13(17)9-18(23)20(26)22-16(11-19(24)25)12-3-6-14(21)7-4-12/h3-10,16H,11H2,1-2H3,(H,22,26)(H,24,25). The molecule has 0 aliphatic carbocycles. The molecule has 2 aromatic carbocycles. The zero-order valence-electron chi connectivity index (χ0n) is 14.9. The number of aryl methyl sites for hydroxylation is 1. The molecule has 0 spiro atoms. The predicted octanol–water partition coefficient (Wildman–Crippen LogP) is 3.79. The molecule has 0 bridgehead atoms. The van der Waals surface area contributed by atoms with Crippen molar-refractivity contribution in [2.75, 3.05) is 7.11 Å². The molecule has 3 aromatic rings. The van der Waals surface area contributed by atoms with Crippen molar-refractivity contribution < 1.29 is 19.4 Å². The molecular formula is C20H19ClN2O4. The fourth-order valence-electron chi connectivity index (χ4n) is 3.01. The second-order valence-electron chi connectivity index (χ2n) is 6.19. The van der Waals surface area contributed by atoms with Crippen molar-refractivity contribution in [2.45, 2.75) is 12.5 Å². The van der Waals surface area contributed by atoms with Crippen LogP contribution in [0.25, 0.3) is 10.9 Å². The van der Waals surface area contributed by atoms with Crippen LogP contribution >= 0.6 is 11.6 Å². The summed E-state index contributed by atoms with van der Waals surface area (Å²) in [6.07, 6.45) is -0.231. The fourth-order valence-corrected chi connectivity index (χ4v) is 3.13. The van der Waals surface area contributed by atoms with Crippen LogP contribution < -0.4 is 10.1 Å².